The molecule has 0 amide bonds. The van der Waals surface area contributed by atoms with Crippen molar-refractivity contribution >= 4 is 11.9 Å². The van der Waals surface area contributed by atoms with E-state index < -0.39 is 0 Å². The summed E-state index contributed by atoms with van der Waals surface area (Å²) < 4.78 is 10.1. The molecule has 22 heavy (non-hydrogen) atoms. The highest BCUT2D eigenvalue weighted by molar-refractivity contribution is 5.80. The van der Waals surface area contributed by atoms with Gasteiger partial charge >= 0.3 is 5.97 Å². The molecule has 6 heteroatoms. The van der Waals surface area contributed by atoms with Gasteiger partial charge in [-0.3, -0.25) is 9.79 Å². The number of rotatable bonds is 8. The average Bonchev–Trinajstić information content (AvgIpc) is 2.55. The molecule has 0 bridgehead atoms. The van der Waals surface area contributed by atoms with Gasteiger partial charge in [0.2, 0.25) is 0 Å². The minimum absolute atomic E-state index is 0.0448. The Morgan fingerprint density at radius 3 is 2.59 bits per heavy atom. The van der Waals surface area contributed by atoms with Crippen molar-refractivity contribution in [3.8, 4) is 0 Å². The van der Waals surface area contributed by atoms with E-state index in [2.05, 4.69) is 15.2 Å². The van der Waals surface area contributed by atoms with Gasteiger partial charge in [-0.2, -0.15) is 0 Å². The lowest BCUT2D eigenvalue weighted by Crippen LogP contribution is -2.46. The summed E-state index contributed by atoms with van der Waals surface area (Å²) in [6.45, 7) is 5.78. The molecular weight excluding hydrogens is 282 g/mol. The van der Waals surface area contributed by atoms with Gasteiger partial charge in [-0.25, -0.2) is 0 Å². The van der Waals surface area contributed by atoms with Crippen molar-refractivity contribution in [2.24, 2.45) is 10.9 Å². The molecule has 0 unspecified atom stereocenters. The molecule has 0 radical (unpaired) electrons. The predicted octanol–water partition coefficient (Wildman–Crippen LogP) is 1.65. The fraction of sp³-hybridized carbons (Fsp3) is 0.875. The van der Waals surface area contributed by atoms with E-state index in [-0.39, 0.29) is 11.9 Å². The quantitative estimate of drug-likeness (QED) is 0.319. The SMILES string of the molecule is CCOC(=O)C1CCN(C(=NC)NCCCCCOC)CC1. The zero-order chi connectivity index (χ0) is 16.2. The molecule has 0 saturated carbocycles. The van der Waals surface area contributed by atoms with Crippen LogP contribution in [0.2, 0.25) is 0 Å². The molecule has 1 aliphatic rings. The van der Waals surface area contributed by atoms with Gasteiger partial charge in [0.25, 0.3) is 0 Å². The Balaban J connectivity index is 2.24. The van der Waals surface area contributed by atoms with Gasteiger partial charge in [0.15, 0.2) is 5.96 Å². The molecule has 1 heterocycles. The van der Waals surface area contributed by atoms with Gasteiger partial charge in [0.05, 0.1) is 12.5 Å². The number of esters is 1. The van der Waals surface area contributed by atoms with Crippen LogP contribution in [0, 0.1) is 5.92 Å². The number of nitrogens with one attached hydrogen (secondary N) is 1. The van der Waals surface area contributed by atoms with Crippen LogP contribution >= 0.6 is 0 Å². The number of nitrogens with zero attached hydrogens (tertiary/aromatic N) is 2. The first-order valence-electron chi connectivity index (χ1n) is 8.34. The summed E-state index contributed by atoms with van der Waals surface area (Å²) in [5.41, 5.74) is 0. The second-order valence-corrected chi connectivity index (χ2v) is 5.54. The maximum Gasteiger partial charge on any atom is 0.309 e. The second kappa shape index (κ2) is 11.3. The Morgan fingerprint density at radius 1 is 1.27 bits per heavy atom. The number of hydrogen-bond donors (Lipinski definition) is 1. The van der Waals surface area contributed by atoms with Crippen LogP contribution in [-0.2, 0) is 14.3 Å². The van der Waals surface area contributed by atoms with Crippen LogP contribution in [0.15, 0.2) is 4.99 Å². The topological polar surface area (TPSA) is 63.2 Å². The third-order valence-corrected chi connectivity index (χ3v) is 3.93. The first-order chi connectivity index (χ1) is 10.7. The van der Waals surface area contributed by atoms with Crippen molar-refractivity contribution in [2.45, 2.75) is 39.0 Å². The molecule has 128 valence electrons. The lowest BCUT2D eigenvalue weighted by atomic mass is 9.97. The zero-order valence-corrected chi connectivity index (χ0v) is 14.3. The number of methoxy groups -OCH3 is 1. The zero-order valence-electron chi connectivity index (χ0n) is 14.3. The van der Waals surface area contributed by atoms with E-state index in [0.717, 1.165) is 64.3 Å². The minimum Gasteiger partial charge on any atom is -0.466 e. The summed E-state index contributed by atoms with van der Waals surface area (Å²) in [5.74, 6) is 0.931. The highest BCUT2D eigenvalue weighted by Crippen LogP contribution is 2.18. The second-order valence-electron chi connectivity index (χ2n) is 5.54. The van der Waals surface area contributed by atoms with Gasteiger partial charge in [-0.05, 0) is 39.0 Å². The van der Waals surface area contributed by atoms with Crippen molar-refractivity contribution in [2.75, 3.05) is 47.0 Å². The van der Waals surface area contributed by atoms with Crippen molar-refractivity contribution in [3.05, 3.63) is 0 Å². The number of likely N-dealkylation sites (tertiary alicyclic amines) is 1. The summed E-state index contributed by atoms with van der Waals surface area (Å²) in [6, 6.07) is 0. The fourth-order valence-electron chi connectivity index (χ4n) is 2.67. The maximum absolute atomic E-state index is 11.7. The normalized spacial score (nSPS) is 16.7. The number of aliphatic imine (C=N–C) groups is 1. The van der Waals surface area contributed by atoms with Crippen molar-refractivity contribution in [1.82, 2.24) is 10.2 Å². The van der Waals surface area contributed by atoms with Gasteiger partial charge in [0.1, 0.15) is 0 Å². The Labute approximate surface area is 134 Å². The van der Waals surface area contributed by atoms with Crippen molar-refractivity contribution in [3.63, 3.8) is 0 Å². The molecule has 1 aliphatic heterocycles. The Bertz CT molecular complexity index is 340. The lowest BCUT2D eigenvalue weighted by Gasteiger charge is -2.33. The van der Waals surface area contributed by atoms with Gasteiger partial charge < -0.3 is 19.7 Å². The van der Waals surface area contributed by atoms with E-state index in [4.69, 9.17) is 9.47 Å². The molecule has 0 spiro atoms. The van der Waals surface area contributed by atoms with E-state index in [1.807, 2.05) is 14.0 Å². The largest absolute Gasteiger partial charge is 0.466 e. The molecular formula is C16H31N3O3. The number of carbonyl (C=O) groups excluding carboxylic acids is 1. The smallest absolute Gasteiger partial charge is 0.309 e. The summed E-state index contributed by atoms with van der Waals surface area (Å²) >= 11 is 0. The minimum atomic E-state index is -0.0526. The average molecular weight is 313 g/mol. The standard InChI is InChI=1S/C16H31N3O3/c1-4-22-15(20)14-8-11-19(12-9-14)16(17-2)18-10-6-5-7-13-21-3/h14H,4-13H2,1-3H3,(H,17,18). The number of unbranched alkanes of at least 4 members (excludes halogenated alkanes) is 2. The van der Waals surface area contributed by atoms with Gasteiger partial charge in [-0.1, -0.05) is 0 Å². The van der Waals surface area contributed by atoms with Gasteiger partial charge in [-0.15, -0.1) is 0 Å². The summed E-state index contributed by atoms with van der Waals surface area (Å²) in [6.07, 6.45) is 5.05. The molecule has 1 fully saturated rings. The maximum atomic E-state index is 11.7. The molecule has 0 aromatic rings. The van der Waals surface area contributed by atoms with Crippen molar-refractivity contribution in [1.29, 1.82) is 0 Å². The number of ether oxygens (including phenoxy) is 2. The van der Waals surface area contributed by atoms with E-state index >= 15 is 0 Å². The fourth-order valence-corrected chi connectivity index (χ4v) is 2.67. The van der Waals surface area contributed by atoms with Gasteiger partial charge in [0, 0.05) is 40.4 Å². The van der Waals surface area contributed by atoms with Crippen LogP contribution in [0.1, 0.15) is 39.0 Å². The number of hydrogen-bond acceptors (Lipinski definition) is 4. The lowest BCUT2D eigenvalue weighted by molar-refractivity contribution is -0.149. The molecule has 0 aliphatic carbocycles. The van der Waals surface area contributed by atoms with Crippen LogP contribution < -0.4 is 5.32 Å². The van der Waals surface area contributed by atoms with E-state index in [1.54, 1.807) is 7.11 Å². The molecule has 1 N–H and O–H groups in total. The summed E-state index contributed by atoms with van der Waals surface area (Å²) in [5, 5.41) is 3.40. The molecule has 0 atom stereocenters. The predicted molar refractivity (Wildman–Crippen MR) is 88.0 cm³/mol. The number of guanidine groups is 1. The Kier molecular flexibility index (Phi) is 9.62. The van der Waals surface area contributed by atoms with Crippen LogP contribution in [0.3, 0.4) is 0 Å². The Hall–Kier alpha value is -1.30. The molecule has 1 saturated heterocycles. The third-order valence-electron chi connectivity index (χ3n) is 3.93. The molecule has 0 aromatic heterocycles. The van der Waals surface area contributed by atoms with E-state index in [9.17, 15) is 4.79 Å². The third kappa shape index (κ3) is 6.64. The molecule has 1 rings (SSSR count). The van der Waals surface area contributed by atoms with E-state index in [1.165, 1.54) is 0 Å². The van der Waals surface area contributed by atoms with Crippen LogP contribution in [0.25, 0.3) is 0 Å². The number of piperidine rings is 1. The number of carbonyl (C=O) groups is 1. The highest BCUT2D eigenvalue weighted by atomic mass is 16.5. The van der Waals surface area contributed by atoms with E-state index in [0.29, 0.717) is 6.61 Å². The van der Waals surface area contributed by atoms with Crippen LogP contribution in [0.5, 0.6) is 0 Å². The summed E-state index contributed by atoms with van der Waals surface area (Å²) in [4.78, 5) is 18.3. The first kappa shape index (κ1) is 18.7. The van der Waals surface area contributed by atoms with Crippen molar-refractivity contribution < 1.29 is 14.3 Å². The Morgan fingerprint density at radius 2 is 2.00 bits per heavy atom. The monoisotopic (exact) mass is 313 g/mol. The first-order valence-corrected chi connectivity index (χ1v) is 8.34. The highest BCUT2D eigenvalue weighted by Gasteiger charge is 2.27. The molecule has 6 nitrogen and oxygen atoms in total. The van der Waals surface area contributed by atoms with Crippen LogP contribution in [-0.4, -0.2) is 63.8 Å². The molecule has 0 aromatic carbocycles. The summed E-state index contributed by atoms with van der Waals surface area (Å²) in [7, 11) is 3.55. The van der Waals surface area contributed by atoms with Crippen LogP contribution in [0.4, 0.5) is 0 Å².